The van der Waals surface area contributed by atoms with Crippen LogP contribution in [0.3, 0.4) is 0 Å². The van der Waals surface area contributed by atoms with Crippen molar-refractivity contribution in [1.82, 2.24) is 15.2 Å². The third kappa shape index (κ3) is 5.12. The van der Waals surface area contributed by atoms with Gasteiger partial charge in [-0.15, -0.1) is 0 Å². The van der Waals surface area contributed by atoms with Crippen LogP contribution < -0.4 is 14.9 Å². The number of carbonyl (C=O) groups is 1. The van der Waals surface area contributed by atoms with Gasteiger partial charge in [0.05, 0.1) is 26.1 Å². The number of benzene rings is 3. The summed E-state index contributed by atoms with van der Waals surface area (Å²) in [6, 6.07) is 22.6. The minimum Gasteiger partial charge on any atom is -0.493 e. The van der Waals surface area contributed by atoms with Crippen LogP contribution in [-0.2, 0) is 0 Å². The van der Waals surface area contributed by atoms with Gasteiger partial charge in [-0.25, -0.2) is 10.1 Å². The first-order chi connectivity index (χ1) is 16.1. The lowest BCUT2D eigenvalue weighted by Gasteiger charge is -2.08. The van der Waals surface area contributed by atoms with Gasteiger partial charge in [0.1, 0.15) is 5.69 Å². The second kappa shape index (κ2) is 10.1. The van der Waals surface area contributed by atoms with Crippen LogP contribution in [0.4, 0.5) is 0 Å². The zero-order valence-electron chi connectivity index (χ0n) is 18.0. The van der Waals surface area contributed by atoms with Gasteiger partial charge in [-0.05, 0) is 42.5 Å². The fraction of sp³-hybridized carbons (Fsp3) is 0.0800. The summed E-state index contributed by atoms with van der Waals surface area (Å²) in [5, 5.41) is 8.91. The molecule has 0 aliphatic carbocycles. The molecule has 1 N–H and O–H groups in total. The Morgan fingerprint density at radius 1 is 1.00 bits per heavy atom. The number of methoxy groups -OCH3 is 2. The summed E-state index contributed by atoms with van der Waals surface area (Å²) < 4.78 is 13.2. The molecule has 0 aliphatic rings. The summed E-state index contributed by atoms with van der Waals surface area (Å²) in [5.41, 5.74) is 6.32. The molecule has 1 heterocycles. The van der Waals surface area contributed by atoms with Crippen LogP contribution in [0.25, 0.3) is 16.9 Å². The van der Waals surface area contributed by atoms with E-state index in [1.165, 1.54) is 7.11 Å². The average Bonchev–Trinajstić information content (AvgIpc) is 3.28. The van der Waals surface area contributed by atoms with Crippen LogP contribution >= 0.6 is 15.9 Å². The number of hydrazone groups is 1. The summed E-state index contributed by atoms with van der Waals surface area (Å²) in [6.45, 7) is 0. The monoisotopic (exact) mass is 504 g/mol. The fourth-order valence-corrected chi connectivity index (χ4v) is 3.49. The molecule has 4 rings (SSSR count). The second-order valence-corrected chi connectivity index (χ2v) is 7.90. The molecule has 0 bridgehead atoms. The van der Waals surface area contributed by atoms with E-state index < -0.39 is 0 Å². The van der Waals surface area contributed by atoms with E-state index >= 15 is 0 Å². The number of rotatable bonds is 7. The highest BCUT2D eigenvalue weighted by Gasteiger charge is 2.13. The highest BCUT2D eigenvalue weighted by Crippen LogP contribution is 2.27. The molecule has 3 aromatic carbocycles. The van der Waals surface area contributed by atoms with Gasteiger partial charge in [0.2, 0.25) is 0 Å². The minimum absolute atomic E-state index is 0.368. The Morgan fingerprint density at radius 2 is 1.73 bits per heavy atom. The first kappa shape index (κ1) is 22.3. The molecule has 166 valence electrons. The van der Waals surface area contributed by atoms with Crippen molar-refractivity contribution in [3.63, 3.8) is 0 Å². The fourth-order valence-electron chi connectivity index (χ4n) is 3.23. The number of halogens is 1. The quantitative estimate of drug-likeness (QED) is 0.281. The van der Waals surface area contributed by atoms with Crippen LogP contribution in [0.2, 0.25) is 0 Å². The molecular formula is C25H21BrN4O3. The molecule has 0 unspecified atom stereocenters. The Balaban J connectivity index is 1.60. The molecule has 0 radical (unpaired) electrons. The molecule has 8 heteroatoms. The summed E-state index contributed by atoms with van der Waals surface area (Å²) in [7, 11) is 3.06. The molecule has 1 amide bonds. The Kier molecular flexibility index (Phi) is 6.85. The molecule has 1 aromatic heterocycles. The zero-order valence-corrected chi connectivity index (χ0v) is 19.6. The van der Waals surface area contributed by atoms with Crippen molar-refractivity contribution in [2.75, 3.05) is 14.2 Å². The van der Waals surface area contributed by atoms with Gasteiger partial charge in [-0.1, -0.05) is 46.3 Å². The van der Waals surface area contributed by atoms with Crippen molar-refractivity contribution in [2.24, 2.45) is 5.10 Å². The number of amides is 1. The highest BCUT2D eigenvalue weighted by molar-refractivity contribution is 9.10. The van der Waals surface area contributed by atoms with Crippen molar-refractivity contribution in [3.8, 4) is 28.4 Å². The van der Waals surface area contributed by atoms with Gasteiger partial charge in [0.25, 0.3) is 5.91 Å². The number of nitrogens with one attached hydrogen (secondary N) is 1. The normalized spacial score (nSPS) is 10.9. The van der Waals surface area contributed by atoms with Crippen molar-refractivity contribution in [3.05, 3.63) is 94.6 Å². The van der Waals surface area contributed by atoms with Gasteiger partial charge >= 0.3 is 0 Å². The van der Waals surface area contributed by atoms with Crippen molar-refractivity contribution >= 4 is 28.1 Å². The Labute approximate surface area is 199 Å². The van der Waals surface area contributed by atoms with E-state index in [9.17, 15) is 4.79 Å². The van der Waals surface area contributed by atoms with Crippen molar-refractivity contribution < 1.29 is 14.3 Å². The van der Waals surface area contributed by atoms with E-state index in [-0.39, 0.29) is 5.91 Å². The predicted molar refractivity (Wildman–Crippen MR) is 131 cm³/mol. The summed E-state index contributed by atoms with van der Waals surface area (Å²) >= 11 is 3.46. The Hall–Kier alpha value is -3.91. The van der Waals surface area contributed by atoms with E-state index in [2.05, 4.69) is 26.5 Å². The molecule has 0 atom stereocenters. The highest BCUT2D eigenvalue weighted by atomic mass is 79.9. The standard InChI is InChI=1S/C25H21BrN4O3/c1-32-22-13-10-18(14-23(22)33-2)25(31)28-27-15-19-16-30(21-6-4-3-5-7-21)29-24(19)17-8-11-20(26)12-9-17/h3-16H,1-2H3,(H,28,31)/b27-15-. The summed E-state index contributed by atoms with van der Waals surface area (Å²) in [6.07, 6.45) is 3.46. The summed E-state index contributed by atoms with van der Waals surface area (Å²) in [4.78, 5) is 12.6. The Bertz CT molecular complexity index is 1290. The molecule has 33 heavy (non-hydrogen) atoms. The molecule has 4 aromatic rings. The van der Waals surface area contributed by atoms with Crippen molar-refractivity contribution in [2.45, 2.75) is 0 Å². The molecule has 0 saturated carbocycles. The van der Waals surface area contributed by atoms with Gasteiger partial charge < -0.3 is 9.47 Å². The van der Waals surface area contributed by atoms with Crippen LogP contribution in [-0.4, -0.2) is 36.1 Å². The number of hydrogen-bond donors (Lipinski definition) is 1. The number of ether oxygens (including phenoxy) is 2. The van der Waals surface area contributed by atoms with E-state index in [0.717, 1.165) is 27.0 Å². The second-order valence-electron chi connectivity index (χ2n) is 6.99. The lowest BCUT2D eigenvalue weighted by atomic mass is 10.1. The minimum atomic E-state index is -0.368. The summed E-state index contributed by atoms with van der Waals surface area (Å²) in [5.74, 6) is 0.647. The third-order valence-electron chi connectivity index (χ3n) is 4.90. The molecule has 0 aliphatic heterocycles. The van der Waals surface area contributed by atoms with Crippen LogP contribution in [0.15, 0.2) is 88.6 Å². The van der Waals surface area contributed by atoms with E-state index in [4.69, 9.17) is 14.6 Å². The lowest BCUT2D eigenvalue weighted by Crippen LogP contribution is -2.17. The van der Waals surface area contributed by atoms with E-state index in [0.29, 0.717) is 17.1 Å². The average molecular weight is 505 g/mol. The molecule has 7 nitrogen and oxygen atoms in total. The van der Waals surface area contributed by atoms with Gasteiger partial charge in [-0.3, -0.25) is 4.79 Å². The van der Waals surface area contributed by atoms with Gasteiger partial charge in [-0.2, -0.15) is 10.2 Å². The van der Waals surface area contributed by atoms with Crippen LogP contribution in [0, 0.1) is 0 Å². The maximum Gasteiger partial charge on any atom is 0.271 e. The van der Waals surface area contributed by atoms with Gasteiger partial charge in [0.15, 0.2) is 11.5 Å². The number of carbonyl (C=O) groups excluding carboxylic acids is 1. The van der Waals surface area contributed by atoms with E-state index in [1.807, 2.05) is 60.8 Å². The lowest BCUT2D eigenvalue weighted by molar-refractivity contribution is 0.0954. The molecule has 0 fully saturated rings. The van der Waals surface area contributed by atoms with E-state index in [1.54, 1.807) is 36.2 Å². The molecule has 0 spiro atoms. The smallest absolute Gasteiger partial charge is 0.271 e. The molecule has 0 saturated heterocycles. The van der Waals surface area contributed by atoms with Crippen LogP contribution in [0.5, 0.6) is 11.5 Å². The number of hydrogen-bond acceptors (Lipinski definition) is 5. The number of aromatic nitrogens is 2. The number of para-hydroxylation sites is 1. The first-order valence-electron chi connectivity index (χ1n) is 10.1. The molecular weight excluding hydrogens is 484 g/mol. The largest absolute Gasteiger partial charge is 0.493 e. The maximum absolute atomic E-state index is 12.6. The van der Waals surface area contributed by atoms with Crippen LogP contribution in [0.1, 0.15) is 15.9 Å². The SMILES string of the molecule is COc1ccc(C(=O)N/N=C\c2cn(-c3ccccc3)nc2-c2ccc(Br)cc2)cc1OC. The predicted octanol–water partition coefficient (Wildman–Crippen LogP) is 5.08. The first-order valence-corrected chi connectivity index (χ1v) is 10.8. The zero-order chi connectivity index (χ0) is 23.2. The number of nitrogens with zero attached hydrogens (tertiary/aromatic N) is 3. The topological polar surface area (TPSA) is 77.7 Å². The van der Waals surface area contributed by atoms with Gasteiger partial charge in [0, 0.05) is 27.4 Å². The Morgan fingerprint density at radius 3 is 2.42 bits per heavy atom. The van der Waals surface area contributed by atoms with Crippen molar-refractivity contribution in [1.29, 1.82) is 0 Å². The maximum atomic E-state index is 12.6. The third-order valence-corrected chi connectivity index (χ3v) is 5.43.